The van der Waals surface area contributed by atoms with Gasteiger partial charge in [0.2, 0.25) is 5.91 Å². The lowest BCUT2D eigenvalue weighted by Crippen LogP contribution is -2.39. The lowest BCUT2D eigenvalue weighted by molar-refractivity contribution is -0.116. The minimum absolute atomic E-state index is 0.0228. The van der Waals surface area contributed by atoms with Crippen LogP contribution in [0, 0.1) is 0 Å². The van der Waals surface area contributed by atoms with Gasteiger partial charge < -0.3 is 4.90 Å². The summed E-state index contributed by atoms with van der Waals surface area (Å²) in [6.07, 6.45) is 1.78. The van der Waals surface area contributed by atoms with Crippen molar-refractivity contribution in [2.75, 3.05) is 17.2 Å². The largest absolute Gasteiger partial charge is 0.311 e. The van der Waals surface area contributed by atoms with Crippen molar-refractivity contribution in [3.8, 4) is 0 Å². The van der Waals surface area contributed by atoms with E-state index in [2.05, 4.69) is 20.8 Å². The van der Waals surface area contributed by atoms with E-state index >= 15 is 0 Å². The average Bonchev–Trinajstić information content (AvgIpc) is 2.60. The van der Waals surface area contributed by atoms with Crippen molar-refractivity contribution in [3.05, 3.63) is 65.2 Å². The number of sulfone groups is 1. The zero-order valence-corrected chi connectivity index (χ0v) is 17.1. The van der Waals surface area contributed by atoms with Gasteiger partial charge in [0.15, 0.2) is 9.84 Å². The van der Waals surface area contributed by atoms with Crippen LogP contribution in [-0.2, 0) is 32.2 Å². The summed E-state index contributed by atoms with van der Waals surface area (Å²) in [5.74, 6) is -0.908. The van der Waals surface area contributed by atoms with Crippen LogP contribution in [0.15, 0.2) is 48.5 Å². The molecule has 1 aliphatic heterocycles. The molecule has 2 aromatic carbocycles. The minimum atomic E-state index is -3.53. The van der Waals surface area contributed by atoms with Gasteiger partial charge in [-0.1, -0.05) is 63.2 Å². The highest BCUT2D eigenvalue weighted by atomic mass is 32.2. The van der Waals surface area contributed by atoms with Gasteiger partial charge >= 0.3 is 0 Å². The number of aryl methyl sites for hydroxylation is 1. The first-order valence-corrected chi connectivity index (χ1v) is 11.2. The molecule has 1 amide bonds. The van der Waals surface area contributed by atoms with Gasteiger partial charge in [-0.25, -0.2) is 8.42 Å². The molecule has 0 unspecified atom stereocenters. The van der Waals surface area contributed by atoms with Gasteiger partial charge in [0.05, 0.1) is 5.75 Å². The first-order chi connectivity index (χ1) is 12.7. The van der Waals surface area contributed by atoms with E-state index in [9.17, 15) is 13.2 Å². The molecule has 0 fully saturated rings. The van der Waals surface area contributed by atoms with E-state index in [0.717, 1.165) is 35.2 Å². The number of fused-ring (bicyclic) bond motifs is 1. The fourth-order valence-electron chi connectivity index (χ4n) is 3.46. The second kappa shape index (κ2) is 7.47. The Balaban J connectivity index is 1.71. The number of carbonyl (C=O) groups is 1. The summed E-state index contributed by atoms with van der Waals surface area (Å²) in [7, 11) is -3.53. The van der Waals surface area contributed by atoms with Crippen LogP contribution < -0.4 is 4.90 Å². The zero-order valence-electron chi connectivity index (χ0n) is 16.2. The van der Waals surface area contributed by atoms with Crippen LogP contribution >= 0.6 is 0 Å². The molecule has 4 nitrogen and oxygen atoms in total. The minimum Gasteiger partial charge on any atom is -0.311 e. The number of nitrogens with zero attached hydrogens (tertiary/aromatic N) is 1. The van der Waals surface area contributed by atoms with Gasteiger partial charge in [-0.15, -0.1) is 0 Å². The molecule has 0 aromatic heterocycles. The monoisotopic (exact) mass is 385 g/mol. The van der Waals surface area contributed by atoms with Crippen molar-refractivity contribution in [3.63, 3.8) is 0 Å². The first kappa shape index (κ1) is 19.6. The Morgan fingerprint density at radius 1 is 1.04 bits per heavy atom. The summed E-state index contributed by atoms with van der Waals surface area (Å²) in [6, 6.07) is 15.4. The van der Waals surface area contributed by atoms with Crippen LogP contribution in [0.25, 0.3) is 0 Å². The number of benzene rings is 2. The normalized spacial score (nSPS) is 14.7. The highest BCUT2D eigenvalue weighted by Gasteiger charge is 2.26. The van der Waals surface area contributed by atoms with Crippen molar-refractivity contribution in [2.45, 2.75) is 44.8 Å². The molecule has 3 rings (SSSR count). The fraction of sp³-hybridized carbons (Fsp3) is 0.409. The molecule has 0 atom stereocenters. The van der Waals surface area contributed by atoms with Crippen molar-refractivity contribution in [2.24, 2.45) is 0 Å². The van der Waals surface area contributed by atoms with E-state index in [1.807, 2.05) is 48.5 Å². The smallest absolute Gasteiger partial charge is 0.242 e. The number of para-hydroxylation sites is 1. The number of hydrogen-bond acceptors (Lipinski definition) is 3. The van der Waals surface area contributed by atoms with E-state index in [4.69, 9.17) is 0 Å². The molecular weight excluding hydrogens is 358 g/mol. The van der Waals surface area contributed by atoms with Crippen LogP contribution in [0.3, 0.4) is 0 Å². The van der Waals surface area contributed by atoms with Gasteiger partial charge in [-0.2, -0.15) is 0 Å². The molecule has 2 aromatic rings. The Morgan fingerprint density at radius 3 is 2.37 bits per heavy atom. The summed E-state index contributed by atoms with van der Waals surface area (Å²) in [6.45, 7) is 6.93. The molecule has 0 spiro atoms. The van der Waals surface area contributed by atoms with E-state index in [-0.39, 0.29) is 17.1 Å². The maximum atomic E-state index is 12.7. The summed E-state index contributed by atoms with van der Waals surface area (Å²) >= 11 is 0. The molecule has 1 aliphatic rings. The summed E-state index contributed by atoms with van der Waals surface area (Å²) in [4.78, 5) is 14.3. The lowest BCUT2D eigenvalue weighted by atomic mass is 9.87. The molecular formula is C22H27NO3S. The predicted molar refractivity (Wildman–Crippen MR) is 110 cm³/mol. The Hall–Kier alpha value is -2.14. The number of hydrogen-bond donors (Lipinski definition) is 0. The maximum Gasteiger partial charge on any atom is 0.242 e. The van der Waals surface area contributed by atoms with Gasteiger partial charge in [-0.05, 0) is 41.0 Å². The molecule has 0 aliphatic carbocycles. The van der Waals surface area contributed by atoms with E-state index in [0.29, 0.717) is 6.54 Å². The summed E-state index contributed by atoms with van der Waals surface area (Å²) in [5.41, 5.74) is 3.85. The maximum absolute atomic E-state index is 12.7. The quantitative estimate of drug-likeness (QED) is 0.803. The number of carbonyl (C=O) groups excluding carboxylic acids is 1. The molecule has 5 heteroatoms. The molecule has 27 heavy (non-hydrogen) atoms. The Morgan fingerprint density at radius 2 is 1.70 bits per heavy atom. The van der Waals surface area contributed by atoms with Crippen LogP contribution in [0.4, 0.5) is 5.69 Å². The van der Waals surface area contributed by atoms with Gasteiger partial charge in [0.1, 0.15) is 5.75 Å². The fourth-order valence-corrected chi connectivity index (χ4v) is 4.80. The Labute approximate surface area is 162 Å². The topological polar surface area (TPSA) is 54.5 Å². The van der Waals surface area contributed by atoms with E-state index in [1.165, 1.54) is 0 Å². The average molecular weight is 386 g/mol. The lowest BCUT2D eigenvalue weighted by Gasteiger charge is -2.29. The highest BCUT2D eigenvalue weighted by Crippen LogP contribution is 2.27. The third kappa shape index (κ3) is 4.78. The highest BCUT2D eigenvalue weighted by molar-refractivity contribution is 7.91. The third-order valence-electron chi connectivity index (χ3n) is 4.96. The summed E-state index contributed by atoms with van der Waals surface area (Å²) in [5, 5.41) is 0. The summed E-state index contributed by atoms with van der Waals surface area (Å²) < 4.78 is 25.2. The predicted octanol–water partition coefficient (Wildman–Crippen LogP) is 3.88. The molecule has 0 bridgehead atoms. The van der Waals surface area contributed by atoms with Crippen LogP contribution in [0.2, 0.25) is 0 Å². The van der Waals surface area contributed by atoms with Crippen LogP contribution in [0.1, 0.15) is 43.9 Å². The second-order valence-electron chi connectivity index (χ2n) is 8.26. The molecule has 144 valence electrons. The second-order valence-corrected chi connectivity index (χ2v) is 10.3. The van der Waals surface area contributed by atoms with Gasteiger partial charge in [0, 0.05) is 12.2 Å². The zero-order chi connectivity index (χ0) is 19.7. The number of rotatable bonds is 4. The molecule has 0 saturated carbocycles. The van der Waals surface area contributed by atoms with Crippen LogP contribution in [-0.4, -0.2) is 26.6 Å². The molecule has 0 radical (unpaired) electrons. The molecule has 1 heterocycles. The van der Waals surface area contributed by atoms with Crippen molar-refractivity contribution in [1.29, 1.82) is 0 Å². The number of amides is 1. The van der Waals surface area contributed by atoms with Crippen LogP contribution in [0.5, 0.6) is 0 Å². The van der Waals surface area contributed by atoms with Crippen molar-refractivity contribution in [1.82, 2.24) is 0 Å². The number of anilines is 1. The SMILES string of the molecule is CC(C)(C)c1ccc(CS(=O)(=O)CC(=O)N2CCCc3ccccc32)cc1. The van der Waals surface area contributed by atoms with Gasteiger partial charge in [0.25, 0.3) is 0 Å². The molecule has 0 N–H and O–H groups in total. The third-order valence-corrected chi connectivity index (χ3v) is 6.42. The Kier molecular flexibility index (Phi) is 5.43. The van der Waals surface area contributed by atoms with E-state index < -0.39 is 15.6 Å². The molecule has 0 saturated heterocycles. The van der Waals surface area contributed by atoms with Gasteiger partial charge in [-0.3, -0.25) is 4.79 Å². The first-order valence-electron chi connectivity index (χ1n) is 9.34. The van der Waals surface area contributed by atoms with Crippen molar-refractivity contribution >= 4 is 21.4 Å². The van der Waals surface area contributed by atoms with Crippen molar-refractivity contribution < 1.29 is 13.2 Å². The Bertz CT molecular complexity index is 925. The standard InChI is InChI=1S/C22H27NO3S/c1-22(2,3)19-12-10-17(11-13-19)15-27(25,26)16-21(24)23-14-6-8-18-7-4-5-9-20(18)23/h4-5,7,9-13H,6,8,14-16H2,1-3H3. The van der Waals surface area contributed by atoms with E-state index in [1.54, 1.807) is 4.90 Å².